The quantitative estimate of drug-likeness (QED) is 0.436. The van der Waals surface area contributed by atoms with Crippen molar-refractivity contribution in [1.82, 2.24) is 14.5 Å². The van der Waals surface area contributed by atoms with Crippen molar-refractivity contribution in [1.29, 1.82) is 0 Å². The lowest BCUT2D eigenvalue weighted by Gasteiger charge is -2.36. The molecule has 1 atom stereocenters. The first-order valence-electron chi connectivity index (χ1n) is 13.2. The number of aromatic nitrogens is 2. The molecule has 2 aromatic carbocycles. The van der Waals surface area contributed by atoms with Crippen LogP contribution in [-0.4, -0.2) is 39.5 Å². The molecular weight excluding hydrogens is 450 g/mol. The summed E-state index contributed by atoms with van der Waals surface area (Å²) < 4.78 is 7.39. The van der Waals surface area contributed by atoms with Crippen molar-refractivity contribution in [3.05, 3.63) is 89.5 Å². The number of imidazole rings is 1. The molecule has 6 nitrogen and oxygen atoms in total. The first-order valence-corrected chi connectivity index (χ1v) is 13.2. The molecule has 3 aromatic rings. The number of nitrogens with zero attached hydrogens (tertiary/aromatic N) is 3. The van der Waals surface area contributed by atoms with Crippen LogP contribution in [0.25, 0.3) is 0 Å². The second-order valence-electron chi connectivity index (χ2n) is 10.1. The Balaban J connectivity index is 1.43. The van der Waals surface area contributed by atoms with Crippen LogP contribution in [-0.2, 0) is 33.8 Å². The molecule has 5 rings (SSSR count). The van der Waals surface area contributed by atoms with Crippen LogP contribution in [0.2, 0.25) is 0 Å². The zero-order valence-corrected chi connectivity index (χ0v) is 21.0. The summed E-state index contributed by atoms with van der Waals surface area (Å²) in [6, 6.07) is 18.9. The van der Waals surface area contributed by atoms with Gasteiger partial charge in [0, 0.05) is 18.7 Å². The van der Waals surface area contributed by atoms with E-state index in [0.717, 1.165) is 41.4 Å². The van der Waals surface area contributed by atoms with Crippen LogP contribution in [0.3, 0.4) is 0 Å². The average Bonchev–Trinajstić information content (AvgIpc) is 3.34. The Labute approximate surface area is 213 Å². The number of fused-ring (bicyclic) bond motifs is 1. The Hall–Kier alpha value is -3.41. The normalized spacial score (nSPS) is 18.2. The maximum atomic E-state index is 14.2. The number of hydrogen-bond acceptors (Lipinski definition) is 4. The number of aryl methyl sites for hydroxylation is 1. The molecule has 6 heteroatoms. The molecular formula is C30H35N3O3. The van der Waals surface area contributed by atoms with Crippen molar-refractivity contribution < 1.29 is 14.3 Å². The standard InChI is InChI=1S/C30H35N3O3/c1-36-30(35)27-19-26-25(31-21-32(26)18-17-22-11-5-2-6-12-22)20-33(27)29(34)28(23-13-7-3-8-14-23)24-15-9-4-10-16-24/h3-4,7-10,13-16,21-22,27-28H,2,5-6,11-12,17-20H2,1H3. The number of rotatable bonds is 7. The summed E-state index contributed by atoms with van der Waals surface area (Å²) in [5.41, 5.74) is 3.75. The fraction of sp³-hybridized carbons (Fsp3) is 0.433. The van der Waals surface area contributed by atoms with E-state index in [2.05, 4.69) is 4.57 Å². The Morgan fingerprint density at radius 3 is 2.22 bits per heavy atom. The number of hydrogen-bond donors (Lipinski definition) is 0. The Kier molecular flexibility index (Phi) is 7.49. The van der Waals surface area contributed by atoms with Gasteiger partial charge in [0.2, 0.25) is 5.91 Å². The van der Waals surface area contributed by atoms with E-state index < -0.39 is 12.0 Å². The molecule has 1 fully saturated rings. The van der Waals surface area contributed by atoms with Gasteiger partial charge in [0.1, 0.15) is 6.04 Å². The smallest absolute Gasteiger partial charge is 0.328 e. The predicted octanol–water partition coefficient (Wildman–Crippen LogP) is 5.11. The van der Waals surface area contributed by atoms with E-state index in [1.54, 1.807) is 4.90 Å². The minimum Gasteiger partial charge on any atom is -0.467 e. The fourth-order valence-electron chi connectivity index (χ4n) is 5.88. The zero-order valence-electron chi connectivity index (χ0n) is 21.0. The van der Waals surface area contributed by atoms with Gasteiger partial charge in [-0.3, -0.25) is 4.79 Å². The van der Waals surface area contributed by atoms with Gasteiger partial charge in [-0.1, -0.05) is 92.8 Å². The largest absolute Gasteiger partial charge is 0.467 e. The van der Waals surface area contributed by atoms with Crippen LogP contribution >= 0.6 is 0 Å². The SMILES string of the molecule is COC(=O)C1Cc2c(ncn2CCC2CCCCC2)CN1C(=O)C(c1ccccc1)c1ccccc1. The molecule has 0 N–H and O–H groups in total. The third kappa shape index (κ3) is 5.08. The van der Waals surface area contributed by atoms with Crippen molar-refractivity contribution in [2.45, 2.75) is 70.0 Å². The number of methoxy groups -OCH3 is 1. The molecule has 2 aliphatic rings. The van der Waals surface area contributed by atoms with Crippen molar-refractivity contribution in [3.8, 4) is 0 Å². The Morgan fingerprint density at radius 1 is 0.972 bits per heavy atom. The van der Waals surface area contributed by atoms with Crippen molar-refractivity contribution in [2.75, 3.05) is 7.11 Å². The van der Waals surface area contributed by atoms with Crippen LogP contribution in [0.5, 0.6) is 0 Å². The molecule has 1 amide bonds. The monoisotopic (exact) mass is 485 g/mol. The van der Waals surface area contributed by atoms with Crippen LogP contribution in [0.1, 0.15) is 67.0 Å². The highest BCUT2D eigenvalue weighted by Gasteiger charge is 2.40. The Bertz CT molecular complexity index is 1130. The highest BCUT2D eigenvalue weighted by molar-refractivity contribution is 5.91. The molecule has 1 saturated carbocycles. The summed E-state index contributed by atoms with van der Waals surface area (Å²) in [6.45, 7) is 1.21. The zero-order chi connectivity index (χ0) is 24.9. The van der Waals surface area contributed by atoms with Crippen LogP contribution in [0, 0.1) is 5.92 Å². The van der Waals surface area contributed by atoms with E-state index in [9.17, 15) is 9.59 Å². The second-order valence-corrected chi connectivity index (χ2v) is 10.1. The average molecular weight is 486 g/mol. The van der Waals surface area contributed by atoms with Gasteiger partial charge < -0.3 is 14.2 Å². The van der Waals surface area contributed by atoms with E-state index in [1.165, 1.54) is 39.2 Å². The van der Waals surface area contributed by atoms with Gasteiger partial charge in [-0.2, -0.15) is 0 Å². The fourth-order valence-corrected chi connectivity index (χ4v) is 5.88. The number of benzene rings is 2. The van der Waals surface area contributed by atoms with Gasteiger partial charge in [0.25, 0.3) is 0 Å². The van der Waals surface area contributed by atoms with Crippen molar-refractivity contribution in [2.24, 2.45) is 5.92 Å². The number of esters is 1. The summed E-state index contributed by atoms with van der Waals surface area (Å²) in [5, 5.41) is 0. The molecule has 36 heavy (non-hydrogen) atoms. The van der Waals surface area contributed by atoms with E-state index >= 15 is 0 Å². The van der Waals surface area contributed by atoms with E-state index in [4.69, 9.17) is 9.72 Å². The van der Waals surface area contributed by atoms with Gasteiger partial charge in [-0.25, -0.2) is 9.78 Å². The van der Waals surface area contributed by atoms with Gasteiger partial charge in [-0.15, -0.1) is 0 Å². The van der Waals surface area contributed by atoms with Crippen LogP contribution in [0.15, 0.2) is 67.0 Å². The first kappa shape index (κ1) is 24.3. The Morgan fingerprint density at radius 2 is 1.61 bits per heavy atom. The second kappa shape index (κ2) is 11.1. The molecule has 1 aliphatic heterocycles. The van der Waals surface area contributed by atoms with E-state index in [-0.39, 0.29) is 11.9 Å². The van der Waals surface area contributed by atoms with Gasteiger partial charge in [-0.05, 0) is 23.5 Å². The number of carbonyl (C=O) groups is 2. The van der Waals surface area contributed by atoms with Gasteiger partial charge in [0.05, 0.1) is 31.6 Å². The summed E-state index contributed by atoms with van der Waals surface area (Å²) in [6.07, 6.45) is 10.1. The number of ether oxygens (including phenoxy) is 1. The third-order valence-corrected chi connectivity index (χ3v) is 7.89. The van der Waals surface area contributed by atoms with Crippen LogP contribution in [0.4, 0.5) is 0 Å². The first-order chi connectivity index (χ1) is 17.7. The summed E-state index contributed by atoms with van der Waals surface area (Å²) in [4.78, 5) is 33.5. The third-order valence-electron chi connectivity index (χ3n) is 7.89. The lowest BCUT2D eigenvalue weighted by Crippen LogP contribution is -2.51. The summed E-state index contributed by atoms with van der Waals surface area (Å²) in [5.74, 6) is -0.221. The molecule has 0 radical (unpaired) electrons. The molecule has 188 valence electrons. The molecule has 2 heterocycles. The van der Waals surface area contributed by atoms with E-state index in [0.29, 0.717) is 13.0 Å². The lowest BCUT2D eigenvalue weighted by atomic mass is 9.87. The minimum atomic E-state index is -0.671. The lowest BCUT2D eigenvalue weighted by molar-refractivity contribution is -0.154. The van der Waals surface area contributed by atoms with Gasteiger partial charge >= 0.3 is 5.97 Å². The molecule has 0 saturated heterocycles. The van der Waals surface area contributed by atoms with Crippen molar-refractivity contribution in [3.63, 3.8) is 0 Å². The molecule has 1 unspecified atom stereocenters. The summed E-state index contributed by atoms with van der Waals surface area (Å²) in [7, 11) is 1.40. The molecule has 0 spiro atoms. The molecule has 1 aromatic heterocycles. The maximum absolute atomic E-state index is 14.2. The predicted molar refractivity (Wildman–Crippen MR) is 138 cm³/mol. The molecule has 1 aliphatic carbocycles. The van der Waals surface area contributed by atoms with Crippen molar-refractivity contribution >= 4 is 11.9 Å². The number of carbonyl (C=O) groups excluding carboxylic acids is 2. The highest BCUT2D eigenvalue weighted by atomic mass is 16.5. The maximum Gasteiger partial charge on any atom is 0.328 e. The summed E-state index contributed by atoms with van der Waals surface area (Å²) >= 11 is 0. The van der Waals surface area contributed by atoms with E-state index in [1.807, 2.05) is 67.0 Å². The van der Waals surface area contributed by atoms with Crippen LogP contribution < -0.4 is 0 Å². The number of amides is 1. The molecule has 0 bridgehead atoms. The topological polar surface area (TPSA) is 64.4 Å². The van der Waals surface area contributed by atoms with Gasteiger partial charge in [0.15, 0.2) is 0 Å². The minimum absolute atomic E-state index is 0.106. The highest BCUT2D eigenvalue weighted by Crippen LogP contribution is 2.33.